The zero-order chi connectivity index (χ0) is 15.4. The molecule has 0 unspecified atom stereocenters. The molecule has 1 heterocycles. The maximum absolute atomic E-state index is 12.3. The summed E-state index contributed by atoms with van der Waals surface area (Å²) < 4.78 is 0. The molecule has 0 saturated heterocycles. The van der Waals surface area contributed by atoms with Crippen LogP contribution in [-0.2, 0) is 6.42 Å². The molecule has 1 N–H and O–H groups in total. The Morgan fingerprint density at radius 1 is 1.24 bits per heavy atom. The zero-order valence-electron chi connectivity index (χ0n) is 11.9. The van der Waals surface area contributed by atoms with Crippen LogP contribution in [0.5, 0.6) is 0 Å². The number of benzene rings is 1. The molecule has 1 aromatic heterocycles. The molecular weight excluding hydrogens is 307 g/mol. The summed E-state index contributed by atoms with van der Waals surface area (Å²) in [6.07, 6.45) is 1.73. The van der Waals surface area contributed by atoms with Crippen molar-refractivity contribution in [2.45, 2.75) is 26.7 Å². The Kier molecular flexibility index (Phi) is 5.21. The van der Waals surface area contributed by atoms with E-state index in [0.717, 1.165) is 24.1 Å². The first kappa shape index (κ1) is 15.8. The highest BCUT2D eigenvalue weighted by Crippen LogP contribution is 2.23. The summed E-state index contributed by atoms with van der Waals surface area (Å²) in [7, 11) is 0. The van der Waals surface area contributed by atoms with Crippen LogP contribution in [0.4, 0.5) is 5.69 Å². The molecule has 0 aliphatic heterocycles. The summed E-state index contributed by atoms with van der Waals surface area (Å²) in [6.45, 7) is 3.99. The van der Waals surface area contributed by atoms with Crippen LogP contribution in [0.1, 0.15) is 35.0 Å². The first-order chi connectivity index (χ1) is 9.99. The Labute approximate surface area is 134 Å². The molecule has 2 rings (SSSR count). The molecule has 110 valence electrons. The Morgan fingerprint density at radius 2 is 2.00 bits per heavy atom. The van der Waals surface area contributed by atoms with Crippen molar-refractivity contribution in [1.82, 2.24) is 4.98 Å². The van der Waals surface area contributed by atoms with Gasteiger partial charge in [-0.1, -0.05) is 42.6 Å². The van der Waals surface area contributed by atoms with Crippen LogP contribution < -0.4 is 5.32 Å². The second-order valence-corrected chi connectivity index (χ2v) is 5.65. The van der Waals surface area contributed by atoms with Crippen molar-refractivity contribution in [3.05, 3.63) is 57.3 Å². The molecule has 0 spiro atoms. The number of hydrogen-bond acceptors (Lipinski definition) is 2. The molecule has 21 heavy (non-hydrogen) atoms. The van der Waals surface area contributed by atoms with E-state index in [-0.39, 0.29) is 5.91 Å². The normalized spacial score (nSPS) is 10.5. The maximum Gasteiger partial charge on any atom is 0.255 e. The van der Waals surface area contributed by atoms with Gasteiger partial charge in [-0.3, -0.25) is 4.79 Å². The average Bonchev–Trinajstić information content (AvgIpc) is 2.41. The molecule has 1 amide bonds. The van der Waals surface area contributed by atoms with Crippen LogP contribution in [0, 0.1) is 6.92 Å². The van der Waals surface area contributed by atoms with Crippen LogP contribution in [-0.4, -0.2) is 10.9 Å². The second kappa shape index (κ2) is 6.92. The molecule has 0 radical (unpaired) electrons. The fourth-order valence-electron chi connectivity index (χ4n) is 1.98. The fourth-order valence-corrected chi connectivity index (χ4v) is 2.49. The van der Waals surface area contributed by atoms with Gasteiger partial charge in [-0.25, -0.2) is 4.98 Å². The van der Waals surface area contributed by atoms with Gasteiger partial charge in [0.1, 0.15) is 5.15 Å². The number of aryl methyl sites for hydroxylation is 2. The van der Waals surface area contributed by atoms with Gasteiger partial charge in [0, 0.05) is 11.3 Å². The van der Waals surface area contributed by atoms with E-state index in [0.29, 0.717) is 21.4 Å². The van der Waals surface area contributed by atoms with Gasteiger partial charge in [-0.15, -0.1) is 0 Å². The third-order valence-corrected chi connectivity index (χ3v) is 3.49. The van der Waals surface area contributed by atoms with Crippen molar-refractivity contribution < 1.29 is 4.79 Å². The van der Waals surface area contributed by atoms with Crippen LogP contribution in [0.3, 0.4) is 0 Å². The van der Waals surface area contributed by atoms with Crippen molar-refractivity contribution in [2.75, 3.05) is 5.32 Å². The largest absolute Gasteiger partial charge is 0.321 e. The summed E-state index contributed by atoms with van der Waals surface area (Å²) in [4.78, 5) is 16.5. The number of nitrogens with zero attached hydrogens (tertiary/aromatic N) is 1. The number of hydrogen-bond donors (Lipinski definition) is 1. The first-order valence-electron chi connectivity index (χ1n) is 6.73. The molecular formula is C16H16Cl2N2O. The lowest BCUT2D eigenvalue weighted by Crippen LogP contribution is -2.13. The molecule has 1 aromatic carbocycles. The van der Waals surface area contributed by atoms with Gasteiger partial charge in [0.05, 0.1) is 10.7 Å². The third kappa shape index (κ3) is 4.19. The van der Waals surface area contributed by atoms with Gasteiger partial charge < -0.3 is 5.32 Å². The number of nitrogens with one attached hydrogen (secondary N) is 1. The van der Waals surface area contributed by atoms with Crippen molar-refractivity contribution in [3.63, 3.8) is 0 Å². The second-order valence-electron chi connectivity index (χ2n) is 4.86. The minimum atomic E-state index is -0.248. The van der Waals surface area contributed by atoms with Crippen LogP contribution in [0.25, 0.3) is 0 Å². The highest BCUT2D eigenvalue weighted by Gasteiger charge is 2.11. The quantitative estimate of drug-likeness (QED) is 0.813. The summed E-state index contributed by atoms with van der Waals surface area (Å²) >= 11 is 12.1. The van der Waals surface area contributed by atoms with E-state index >= 15 is 0 Å². The van der Waals surface area contributed by atoms with E-state index in [1.165, 1.54) is 0 Å². The lowest BCUT2D eigenvalue weighted by Gasteiger charge is -2.09. The smallest absolute Gasteiger partial charge is 0.255 e. The van der Waals surface area contributed by atoms with E-state index < -0.39 is 0 Å². The van der Waals surface area contributed by atoms with Crippen molar-refractivity contribution >= 4 is 34.8 Å². The number of carbonyl (C=O) groups excluding carboxylic acids is 1. The number of aromatic nitrogens is 1. The molecule has 3 nitrogen and oxygen atoms in total. The lowest BCUT2D eigenvalue weighted by molar-refractivity contribution is 0.102. The molecule has 0 saturated carbocycles. The Morgan fingerprint density at radius 3 is 2.67 bits per heavy atom. The summed E-state index contributed by atoms with van der Waals surface area (Å²) in [6, 6.07) is 8.79. The molecule has 0 bridgehead atoms. The van der Waals surface area contributed by atoms with E-state index in [2.05, 4.69) is 17.2 Å². The van der Waals surface area contributed by atoms with Gasteiger partial charge in [0.25, 0.3) is 5.91 Å². The number of anilines is 1. The van der Waals surface area contributed by atoms with Gasteiger partial charge in [-0.2, -0.15) is 0 Å². The molecule has 0 fully saturated rings. The van der Waals surface area contributed by atoms with E-state index in [9.17, 15) is 4.79 Å². The number of carbonyl (C=O) groups is 1. The summed E-state index contributed by atoms with van der Waals surface area (Å²) in [5.41, 5.74) is 2.91. The Bertz CT molecular complexity index is 671. The van der Waals surface area contributed by atoms with E-state index in [4.69, 9.17) is 23.2 Å². The summed E-state index contributed by atoms with van der Waals surface area (Å²) in [5, 5.41) is 3.62. The van der Waals surface area contributed by atoms with Crippen molar-refractivity contribution in [1.29, 1.82) is 0 Å². The SMILES string of the molecule is CCCc1cc(C(=O)Nc2ccc(C)cc2Cl)cc(Cl)n1. The van der Waals surface area contributed by atoms with E-state index in [1.807, 2.05) is 13.0 Å². The predicted molar refractivity (Wildman–Crippen MR) is 87.4 cm³/mol. The monoisotopic (exact) mass is 322 g/mol. The highest BCUT2D eigenvalue weighted by atomic mass is 35.5. The van der Waals surface area contributed by atoms with Crippen LogP contribution >= 0.6 is 23.2 Å². The van der Waals surface area contributed by atoms with E-state index in [1.54, 1.807) is 24.3 Å². The van der Waals surface area contributed by atoms with Crippen LogP contribution in [0.2, 0.25) is 10.2 Å². The summed E-state index contributed by atoms with van der Waals surface area (Å²) in [5.74, 6) is -0.248. The van der Waals surface area contributed by atoms with Crippen LogP contribution in [0.15, 0.2) is 30.3 Å². The lowest BCUT2D eigenvalue weighted by atomic mass is 10.1. The highest BCUT2D eigenvalue weighted by molar-refractivity contribution is 6.34. The Hall–Kier alpha value is -1.58. The molecule has 2 aromatic rings. The van der Waals surface area contributed by atoms with Crippen molar-refractivity contribution in [2.24, 2.45) is 0 Å². The predicted octanol–water partition coefficient (Wildman–Crippen LogP) is 4.90. The molecule has 0 aliphatic carbocycles. The molecule has 0 aliphatic rings. The minimum absolute atomic E-state index is 0.248. The number of halogens is 2. The number of rotatable bonds is 4. The minimum Gasteiger partial charge on any atom is -0.321 e. The topological polar surface area (TPSA) is 42.0 Å². The molecule has 5 heteroatoms. The number of amides is 1. The van der Waals surface area contributed by atoms with Gasteiger partial charge in [0.15, 0.2) is 0 Å². The Balaban J connectivity index is 2.23. The first-order valence-corrected chi connectivity index (χ1v) is 7.49. The van der Waals surface area contributed by atoms with Gasteiger partial charge in [0.2, 0.25) is 0 Å². The fraction of sp³-hybridized carbons (Fsp3) is 0.250. The zero-order valence-corrected chi connectivity index (χ0v) is 13.4. The van der Waals surface area contributed by atoms with Gasteiger partial charge in [-0.05, 0) is 43.2 Å². The standard InChI is InChI=1S/C16H16Cl2N2O/c1-3-4-12-8-11(9-15(18)19-12)16(21)20-14-6-5-10(2)7-13(14)17/h5-9H,3-4H2,1-2H3,(H,20,21). The average molecular weight is 323 g/mol. The van der Waals surface area contributed by atoms with Crippen molar-refractivity contribution in [3.8, 4) is 0 Å². The van der Waals surface area contributed by atoms with Gasteiger partial charge >= 0.3 is 0 Å². The third-order valence-electron chi connectivity index (χ3n) is 2.99. The maximum atomic E-state index is 12.3. The molecule has 0 atom stereocenters. The number of pyridine rings is 1.